The second kappa shape index (κ2) is 7.68. The van der Waals surface area contributed by atoms with Crippen molar-refractivity contribution in [2.24, 2.45) is 0 Å². The predicted octanol–water partition coefficient (Wildman–Crippen LogP) is 5.89. The second-order valence-corrected chi connectivity index (χ2v) is 6.93. The van der Waals surface area contributed by atoms with Gasteiger partial charge in [0.1, 0.15) is 5.75 Å². The van der Waals surface area contributed by atoms with Gasteiger partial charge in [0.05, 0.1) is 28.3 Å². The van der Waals surface area contributed by atoms with Gasteiger partial charge >= 0.3 is 12.1 Å². The standard InChI is InChI=1S/C19H13Cl2F3O5/c1-8-3-4-13(14(5-8)27-2)28-15-9-6-10(18(25)26)17(19(22,23)24)29-16(9)12(21)7-11(15)20/h3-7,17H,1-2H3,(H,25,26). The van der Waals surface area contributed by atoms with E-state index in [1.165, 1.54) is 7.11 Å². The van der Waals surface area contributed by atoms with Crippen LogP contribution >= 0.6 is 23.2 Å². The lowest BCUT2D eigenvalue weighted by Crippen LogP contribution is -2.40. The molecule has 1 heterocycles. The molecule has 1 N–H and O–H groups in total. The molecule has 0 amide bonds. The van der Waals surface area contributed by atoms with Crippen molar-refractivity contribution in [2.75, 3.05) is 7.11 Å². The minimum absolute atomic E-state index is 0.0496. The molecule has 0 saturated heterocycles. The van der Waals surface area contributed by atoms with Crippen LogP contribution in [0.2, 0.25) is 10.0 Å². The normalized spacial score (nSPS) is 15.8. The van der Waals surface area contributed by atoms with Crippen molar-refractivity contribution < 1.29 is 37.3 Å². The van der Waals surface area contributed by atoms with E-state index in [1.54, 1.807) is 18.2 Å². The number of alkyl halides is 3. The van der Waals surface area contributed by atoms with Crippen molar-refractivity contribution in [1.29, 1.82) is 0 Å². The summed E-state index contributed by atoms with van der Waals surface area (Å²) in [7, 11) is 1.42. The molecule has 2 aromatic rings. The fourth-order valence-corrected chi connectivity index (χ4v) is 3.32. The van der Waals surface area contributed by atoms with E-state index in [2.05, 4.69) is 0 Å². The molecule has 0 radical (unpaired) electrons. The molecular formula is C19H13Cl2F3O5. The van der Waals surface area contributed by atoms with Crippen LogP contribution in [0.25, 0.3) is 6.08 Å². The molecule has 2 aromatic carbocycles. The van der Waals surface area contributed by atoms with Gasteiger partial charge in [-0.05, 0) is 36.8 Å². The Labute approximate surface area is 173 Å². The highest BCUT2D eigenvalue weighted by molar-refractivity contribution is 6.37. The Bertz CT molecular complexity index is 1020. The van der Waals surface area contributed by atoms with Crippen LogP contribution in [0.5, 0.6) is 23.0 Å². The molecule has 0 saturated carbocycles. The maximum absolute atomic E-state index is 13.3. The number of methoxy groups -OCH3 is 1. The largest absolute Gasteiger partial charge is 0.493 e. The molecule has 10 heteroatoms. The fourth-order valence-electron chi connectivity index (χ4n) is 2.76. The van der Waals surface area contributed by atoms with Crippen LogP contribution in [0.4, 0.5) is 13.2 Å². The zero-order valence-electron chi connectivity index (χ0n) is 14.9. The van der Waals surface area contributed by atoms with Gasteiger partial charge in [-0.15, -0.1) is 0 Å². The highest BCUT2D eigenvalue weighted by Crippen LogP contribution is 2.49. The molecule has 154 valence electrons. The van der Waals surface area contributed by atoms with Crippen LogP contribution in [0.15, 0.2) is 29.8 Å². The van der Waals surface area contributed by atoms with Crippen LogP contribution in [0, 0.1) is 6.92 Å². The lowest BCUT2D eigenvalue weighted by atomic mass is 10.0. The molecule has 5 nitrogen and oxygen atoms in total. The first-order valence-corrected chi connectivity index (χ1v) is 8.81. The van der Waals surface area contributed by atoms with Crippen LogP contribution in [-0.2, 0) is 4.79 Å². The Morgan fingerprint density at radius 1 is 1.17 bits per heavy atom. The zero-order valence-corrected chi connectivity index (χ0v) is 16.4. The number of carboxylic acid groups (broad SMARTS) is 1. The Kier molecular flexibility index (Phi) is 5.60. The quantitative estimate of drug-likeness (QED) is 0.631. The number of benzene rings is 2. The number of hydrogen-bond donors (Lipinski definition) is 1. The fraction of sp³-hybridized carbons (Fsp3) is 0.211. The number of ether oxygens (including phenoxy) is 3. The number of rotatable bonds is 4. The molecule has 0 aromatic heterocycles. The molecule has 1 aliphatic rings. The highest BCUT2D eigenvalue weighted by Gasteiger charge is 2.49. The van der Waals surface area contributed by atoms with E-state index in [-0.39, 0.29) is 32.9 Å². The third-order valence-corrected chi connectivity index (χ3v) is 4.63. The molecule has 3 rings (SSSR count). The summed E-state index contributed by atoms with van der Waals surface area (Å²) in [4.78, 5) is 11.4. The SMILES string of the molecule is COc1cc(C)ccc1Oc1c(Cl)cc(Cl)c2c1C=C(C(=O)O)C(C(F)(F)F)O2. The average Bonchev–Trinajstić information content (AvgIpc) is 2.64. The van der Waals surface area contributed by atoms with Crippen molar-refractivity contribution in [3.63, 3.8) is 0 Å². The molecule has 29 heavy (non-hydrogen) atoms. The van der Waals surface area contributed by atoms with Gasteiger partial charge in [-0.25, -0.2) is 4.79 Å². The van der Waals surface area contributed by atoms with Crippen molar-refractivity contribution in [2.45, 2.75) is 19.2 Å². The number of halogens is 5. The summed E-state index contributed by atoms with van der Waals surface area (Å²) >= 11 is 12.2. The Morgan fingerprint density at radius 3 is 2.45 bits per heavy atom. The zero-order chi connectivity index (χ0) is 21.5. The number of hydrogen-bond acceptors (Lipinski definition) is 4. The highest BCUT2D eigenvalue weighted by atomic mass is 35.5. The van der Waals surface area contributed by atoms with Gasteiger partial charge in [0, 0.05) is 0 Å². The Morgan fingerprint density at radius 2 is 1.86 bits per heavy atom. The number of carboxylic acids is 1. The number of aliphatic carboxylic acids is 1. The molecule has 0 spiro atoms. The number of aryl methyl sites for hydroxylation is 1. The summed E-state index contributed by atoms with van der Waals surface area (Å²) < 4.78 is 55.8. The average molecular weight is 449 g/mol. The summed E-state index contributed by atoms with van der Waals surface area (Å²) in [6, 6.07) is 6.14. The topological polar surface area (TPSA) is 65.0 Å². The smallest absolute Gasteiger partial charge is 0.430 e. The van der Waals surface area contributed by atoms with E-state index >= 15 is 0 Å². The molecule has 0 bridgehead atoms. The van der Waals surface area contributed by atoms with E-state index in [1.807, 2.05) is 6.92 Å². The maximum atomic E-state index is 13.3. The first-order chi connectivity index (χ1) is 13.5. The summed E-state index contributed by atoms with van der Waals surface area (Å²) in [6.45, 7) is 1.83. The maximum Gasteiger partial charge on any atom is 0.430 e. The lowest BCUT2D eigenvalue weighted by Gasteiger charge is -2.29. The minimum Gasteiger partial charge on any atom is -0.493 e. The van der Waals surface area contributed by atoms with E-state index in [4.69, 9.17) is 37.4 Å². The molecule has 1 unspecified atom stereocenters. The second-order valence-electron chi connectivity index (χ2n) is 6.11. The van der Waals surface area contributed by atoms with Crippen LogP contribution in [-0.4, -0.2) is 30.5 Å². The molecule has 0 aliphatic carbocycles. The molecule has 1 atom stereocenters. The minimum atomic E-state index is -4.97. The van der Waals surface area contributed by atoms with Gasteiger partial charge in [-0.3, -0.25) is 0 Å². The van der Waals surface area contributed by atoms with Gasteiger partial charge in [-0.2, -0.15) is 13.2 Å². The van der Waals surface area contributed by atoms with Gasteiger partial charge in [0.15, 0.2) is 17.2 Å². The third-order valence-electron chi connectivity index (χ3n) is 4.07. The molecule has 0 fully saturated rings. The monoisotopic (exact) mass is 448 g/mol. The Hall–Kier alpha value is -2.58. The van der Waals surface area contributed by atoms with Crippen molar-refractivity contribution in [1.82, 2.24) is 0 Å². The van der Waals surface area contributed by atoms with Crippen LogP contribution in [0.3, 0.4) is 0 Å². The summed E-state index contributed by atoms with van der Waals surface area (Å²) in [5.74, 6) is -1.74. The van der Waals surface area contributed by atoms with E-state index < -0.39 is 23.8 Å². The summed E-state index contributed by atoms with van der Waals surface area (Å²) in [5.41, 5.74) is -0.269. The van der Waals surface area contributed by atoms with E-state index in [0.29, 0.717) is 5.75 Å². The van der Waals surface area contributed by atoms with Gasteiger partial charge in [0.2, 0.25) is 6.10 Å². The van der Waals surface area contributed by atoms with Gasteiger partial charge < -0.3 is 19.3 Å². The van der Waals surface area contributed by atoms with Gasteiger partial charge in [0.25, 0.3) is 0 Å². The van der Waals surface area contributed by atoms with E-state index in [9.17, 15) is 23.1 Å². The predicted molar refractivity (Wildman–Crippen MR) is 100 cm³/mol. The lowest BCUT2D eigenvalue weighted by molar-refractivity contribution is -0.187. The van der Waals surface area contributed by atoms with Crippen molar-refractivity contribution in [3.8, 4) is 23.0 Å². The van der Waals surface area contributed by atoms with Crippen molar-refractivity contribution in [3.05, 3.63) is 51.0 Å². The van der Waals surface area contributed by atoms with Gasteiger partial charge in [-0.1, -0.05) is 29.3 Å². The first-order valence-electron chi connectivity index (χ1n) is 8.05. The van der Waals surface area contributed by atoms with Crippen LogP contribution in [0.1, 0.15) is 11.1 Å². The molecule has 1 aliphatic heterocycles. The summed E-state index contributed by atoms with van der Waals surface area (Å²) in [5, 5.41) is 8.99. The van der Waals surface area contributed by atoms with Crippen LogP contribution < -0.4 is 14.2 Å². The number of fused-ring (bicyclic) bond motifs is 1. The Balaban J connectivity index is 2.19. The van der Waals surface area contributed by atoms with E-state index in [0.717, 1.165) is 17.7 Å². The third kappa shape index (κ3) is 4.09. The number of carbonyl (C=O) groups is 1. The summed E-state index contributed by atoms with van der Waals surface area (Å²) in [6.07, 6.45) is -6.85. The van der Waals surface area contributed by atoms with Crippen molar-refractivity contribution >= 4 is 35.2 Å². The molecular weight excluding hydrogens is 436 g/mol. The first kappa shape index (κ1) is 21.1.